The highest BCUT2D eigenvalue weighted by Gasteiger charge is 2.23. The predicted molar refractivity (Wildman–Crippen MR) is 39.0 cm³/mol. The van der Waals surface area contributed by atoms with Gasteiger partial charge in [-0.15, -0.1) is 0 Å². The second kappa shape index (κ2) is 2.70. The maximum atomic E-state index is 4.06. The molecule has 1 N–H and O–H groups in total. The highest BCUT2D eigenvalue weighted by Crippen LogP contribution is 2.08. The number of likely N-dealkylation sites (tertiary alicyclic amines) is 1. The van der Waals surface area contributed by atoms with Crippen LogP contribution in [0.2, 0.25) is 0 Å². The van der Waals surface area contributed by atoms with Crippen LogP contribution in [-0.4, -0.2) is 12.6 Å². The van der Waals surface area contributed by atoms with Gasteiger partial charge in [0.2, 0.25) is 0 Å². The van der Waals surface area contributed by atoms with Gasteiger partial charge in [0.05, 0.1) is 12.6 Å². The van der Waals surface area contributed by atoms with Crippen LogP contribution in [0.5, 0.6) is 0 Å². The Hall–Kier alpha value is -0.0400. The summed E-state index contributed by atoms with van der Waals surface area (Å²) in [6.07, 6.45) is 2.76. The fourth-order valence-corrected chi connectivity index (χ4v) is 1.74. The molecule has 0 aromatic rings. The molecule has 1 unspecified atom stereocenters. The molecule has 2 atom stereocenters. The van der Waals surface area contributed by atoms with Crippen molar-refractivity contribution in [3.8, 4) is 0 Å². The van der Waals surface area contributed by atoms with Crippen molar-refractivity contribution in [1.29, 1.82) is 0 Å². The van der Waals surface area contributed by atoms with Crippen molar-refractivity contribution in [2.75, 3.05) is 6.54 Å². The normalized spacial score (nSPS) is 36.0. The third-order valence-electron chi connectivity index (χ3n) is 2.34. The molecule has 0 radical (unpaired) electrons. The van der Waals surface area contributed by atoms with E-state index in [1.165, 1.54) is 24.3 Å². The zero-order chi connectivity index (χ0) is 6.85. The molecule has 1 aliphatic rings. The highest BCUT2D eigenvalue weighted by atomic mass is 15.1. The smallest absolute Gasteiger partial charge is 0.0660 e. The van der Waals surface area contributed by atoms with Gasteiger partial charge in [0, 0.05) is 12.3 Å². The fraction of sp³-hybridized carbons (Fsp3) is 0.875. The lowest BCUT2D eigenvalue weighted by Gasteiger charge is -2.25. The van der Waals surface area contributed by atoms with Gasteiger partial charge in [0.1, 0.15) is 0 Å². The first kappa shape index (κ1) is 7.07. The summed E-state index contributed by atoms with van der Waals surface area (Å²) in [5.74, 6) is 0.819. The zero-order valence-electron chi connectivity index (χ0n) is 6.48. The Morgan fingerprint density at radius 2 is 2.22 bits per heavy atom. The van der Waals surface area contributed by atoms with E-state index >= 15 is 0 Å². The number of hydrogen-bond acceptors (Lipinski definition) is 0. The molecule has 1 aliphatic heterocycles. The van der Waals surface area contributed by atoms with E-state index in [9.17, 15) is 0 Å². The van der Waals surface area contributed by atoms with Gasteiger partial charge in [0.25, 0.3) is 0 Å². The van der Waals surface area contributed by atoms with Gasteiger partial charge in [-0.1, -0.05) is 13.8 Å². The molecule has 1 heteroatoms. The minimum atomic E-state index is 0.819. The molecular formula is C8H17N. The highest BCUT2D eigenvalue weighted by molar-refractivity contribution is 4.65. The van der Waals surface area contributed by atoms with Gasteiger partial charge in [-0.2, -0.15) is 7.05 Å². The van der Waals surface area contributed by atoms with Crippen molar-refractivity contribution in [1.82, 2.24) is 0 Å². The minimum Gasteiger partial charge on any atom is -0.465 e. The predicted octanol–water partition coefficient (Wildman–Crippen LogP) is 0.481. The van der Waals surface area contributed by atoms with Gasteiger partial charge in [-0.3, -0.25) is 0 Å². The van der Waals surface area contributed by atoms with Gasteiger partial charge < -0.3 is 4.90 Å². The van der Waals surface area contributed by atoms with Gasteiger partial charge in [0.15, 0.2) is 0 Å². The summed E-state index contributed by atoms with van der Waals surface area (Å²) in [6, 6.07) is 0.838. The summed E-state index contributed by atoms with van der Waals surface area (Å²) in [6.45, 7) is 5.87. The Labute approximate surface area is 58.0 Å². The van der Waals surface area contributed by atoms with E-state index in [0.29, 0.717) is 0 Å². The van der Waals surface area contributed by atoms with Crippen LogP contribution in [0.4, 0.5) is 0 Å². The molecule has 9 heavy (non-hydrogen) atoms. The molecule has 1 rings (SSSR count). The largest absolute Gasteiger partial charge is 0.465 e. The van der Waals surface area contributed by atoms with Crippen molar-refractivity contribution >= 4 is 0 Å². The molecule has 0 bridgehead atoms. The molecule has 54 valence electrons. The van der Waals surface area contributed by atoms with Crippen molar-refractivity contribution in [2.45, 2.75) is 32.7 Å². The monoisotopic (exact) mass is 127 g/mol. The topological polar surface area (TPSA) is 4.44 Å². The third-order valence-corrected chi connectivity index (χ3v) is 2.34. The van der Waals surface area contributed by atoms with E-state index < -0.39 is 0 Å². The van der Waals surface area contributed by atoms with Crippen LogP contribution < -0.4 is 4.90 Å². The average Bonchev–Trinajstić information content (AvgIpc) is 2.13. The lowest BCUT2D eigenvalue weighted by atomic mass is 10.0. The first-order chi connectivity index (χ1) is 4.22. The Kier molecular flexibility index (Phi) is 2.12. The number of rotatable bonds is 1. The van der Waals surface area contributed by atoms with Gasteiger partial charge in [-0.25, -0.2) is 0 Å². The van der Waals surface area contributed by atoms with Gasteiger partial charge >= 0.3 is 0 Å². The molecule has 0 aromatic carbocycles. The number of hydrogen-bond donors (Lipinski definition) is 1. The number of nitrogens with one attached hydrogen (secondary N) is 1. The Morgan fingerprint density at radius 3 is 2.44 bits per heavy atom. The molecule has 1 fully saturated rings. The van der Waals surface area contributed by atoms with Crippen LogP contribution >= 0.6 is 0 Å². The van der Waals surface area contributed by atoms with Crippen LogP contribution in [-0.2, 0) is 0 Å². The summed E-state index contributed by atoms with van der Waals surface area (Å²) in [4.78, 5) is 1.49. The third kappa shape index (κ3) is 1.45. The zero-order valence-corrected chi connectivity index (χ0v) is 6.48. The van der Waals surface area contributed by atoms with E-state index in [1.54, 1.807) is 0 Å². The molecule has 1 saturated heterocycles. The van der Waals surface area contributed by atoms with Crippen molar-refractivity contribution in [3.63, 3.8) is 0 Å². The molecule has 0 amide bonds. The van der Waals surface area contributed by atoms with Crippen molar-refractivity contribution in [2.24, 2.45) is 5.92 Å². The van der Waals surface area contributed by atoms with Gasteiger partial charge in [-0.05, 0) is 6.42 Å². The van der Waals surface area contributed by atoms with E-state index in [1.807, 2.05) is 0 Å². The lowest BCUT2D eigenvalue weighted by molar-refractivity contribution is -0.870. The maximum absolute atomic E-state index is 4.06. The number of quaternary nitrogens is 1. The summed E-state index contributed by atoms with van der Waals surface area (Å²) >= 11 is 0. The molecule has 0 saturated carbocycles. The Balaban J connectivity index is 2.40. The first-order valence-corrected chi connectivity index (χ1v) is 3.89. The fourth-order valence-electron chi connectivity index (χ4n) is 1.74. The summed E-state index contributed by atoms with van der Waals surface area (Å²) in [7, 11) is 4.06. The maximum Gasteiger partial charge on any atom is 0.0660 e. The quantitative estimate of drug-likeness (QED) is 0.489. The SMILES string of the molecule is [CH2-][NH+]1CCC[C@@H]1C(C)C. The molecule has 1 nitrogen and oxygen atoms in total. The Morgan fingerprint density at radius 1 is 1.56 bits per heavy atom. The van der Waals surface area contributed by atoms with Crippen LogP contribution in [0.15, 0.2) is 0 Å². The molecule has 0 aromatic heterocycles. The van der Waals surface area contributed by atoms with Crippen LogP contribution in [0.3, 0.4) is 0 Å². The molecule has 0 spiro atoms. The standard InChI is InChI=1S/C8H17N/c1-7(2)8-5-4-6-9(8)3/h7-9H,3-6H2,1-2H3/t8-/m1/s1. The van der Waals surface area contributed by atoms with E-state index in [-0.39, 0.29) is 0 Å². The summed E-state index contributed by atoms with van der Waals surface area (Å²) in [5, 5.41) is 0. The molecular weight excluding hydrogens is 110 g/mol. The lowest BCUT2D eigenvalue weighted by Crippen LogP contribution is -3.09. The second-order valence-corrected chi connectivity index (χ2v) is 3.40. The second-order valence-electron chi connectivity index (χ2n) is 3.40. The van der Waals surface area contributed by atoms with Crippen molar-refractivity contribution < 1.29 is 4.90 Å². The van der Waals surface area contributed by atoms with E-state index in [0.717, 1.165) is 12.0 Å². The molecule has 0 aliphatic carbocycles. The molecule has 1 heterocycles. The summed E-state index contributed by atoms with van der Waals surface area (Å²) in [5.41, 5.74) is 0. The van der Waals surface area contributed by atoms with Crippen LogP contribution in [0.25, 0.3) is 0 Å². The minimum absolute atomic E-state index is 0.819. The summed E-state index contributed by atoms with van der Waals surface area (Å²) < 4.78 is 0. The van der Waals surface area contributed by atoms with E-state index in [4.69, 9.17) is 0 Å². The Bertz CT molecular complexity index is 88.6. The van der Waals surface area contributed by atoms with Crippen molar-refractivity contribution in [3.05, 3.63) is 7.05 Å². The average molecular weight is 127 g/mol. The van der Waals surface area contributed by atoms with Crippen LogP contribution in [0.1, 0.15) is 26.7 Å². The van der Waals surface area contributed by atoms with Crippen LogP contribution in [0, 0.1) is 13.0 Å². The first-order valence-electron chi connectivity index (χ1n) is 3.89. The van der Waals surface area contributed by atoms with E-state index in [2.05, 4.69) is 20.9 Å².